The van der Waals surface area contributed by atoms with Gasteiger partial charge in [0.25, 0.3) is 6.08 Å². The zero-order chi connectivity index (χ0) is 25.1. The molecule has 0 unspecified atom stereocenters. The Bertz CT molecular complexity index is 1450. The van der Waals surface area contributed by atoms with Crippen LogP contribution < -0.4 is 4.74 Å². The van der Waals surface area contributed by atoms with Crippen LogP contribution in [-0.2, 0) is 0 Å². The van der Waals surface area contributed by atoms with Gasteiger partial charge in [-0.25, -0.2) is 17.6 Å². The standard InChI is InChI=1S/C28H18F6O/c1-2-3-10-35-20-14-24(30)27(25(31)15-20)18-7-8-21(23(29)12-18)16-6-9-22-17(11-16)4-5-19(28(22)34)13-26(32)33/h2-9,11-15H,10H2,1H3. The predicted molar refractivity (Wildman–Crippen MR) is 125 cm³/mol. The summed E-state index contributed by atoms with van der Waals surface area (Å²) < 4.78 is 89.1. The third-order valence-corrected chi connectivity index (χ3v) is 5.41. The largest absolute Gasteiger partial charge is 0.489 e. The molecule has 1 nitrogen and oxygen atoms in total. The first-order chi connectivity index (χ1) is 16.8. The second kappa shape index (κ2) is 10.1. The van der Waals surface area contributed by atoms with Crippen molar-refractivity contribution in [3.63, 3.8) is 0 Å². The van der Waals surface area contributed by atoms with E-state index in [2.05, 4.69) is 0 Å². The molecule has 0 aliphatic rings. The molecular formula is C28H18F6O. The first-order valence-corrected chi connectivity index (χ1v) is 10.6. The molecule has 4 aromatic carbocycles. The zero-order valence-corrected chi connectivity index (χ0v) is 18.4. The number of hydrogen-bond donors (Lipinski definition) is 0. The summed E-state index contributed by atoms with van der Waals surface area (Å²) in [4.78, 5) is 0. The minimum absolute atomic E-state index is 0.00207. The van der Waals surface area contributed by atoms with Crippen molar-refractivity contribution in [2.45, 2.75) is 6.92 Å². The van der Waals surface area contributed by atoms with Crippen LogP contribution in [0.3, 0.4) is 0 Å². The Morgan fingerprint density at radius 3 is 2.17 bits per heavy atom. The van der Waals surface area contributed by atoms with Crippen LogP contribution in [0.5, 0.6) is 5.75 Å². The summed E-state index contributed by atoms with van der Waals surface area (Å²) in [5.41, 5.74) is -0.146. The molecular weight excluding hydrogens is 466 g/mol. The van der Waals surface area contributed by atoms with Crippen LogP contribution in [0.1, 0.15) is 12.5 Å². The number of rotatable bonds is 6. The van der Waals surface area contributed by atoms with Crippen LogP contribution in [0.2, 0.25) is 0 Å². The second-order valence-corrected chi connectivity index (χ2v) is 7.68. The van der Waals surface area contributed by atoms with E-state index >= 15 is 4.39 Å². The lowest BCUT2D eigenvalue weighted by Crippen LogP contribution is -1.98. The SMILES string of the molecule is CC=CCOc1cc(F)c(-c2ccc(-c3ccc4c(F)c(C=C(F)F)ccc4c3)c(F)c2)c(F)c1. The van der Waals surface area contributed by atoms with Crippen molar-refractivity contribution in [2.24, 2.45) is 0 Å². The average Bonchev–Trinajstić information content (AvgIpc) is 2.80. The highest BCUT2D eigenvalue weighted by Gasteiger charge is 2.17. The molecule has 0 aromatic heterocycles. The van der Waals surface area contributed by atoms with E-state index in [0.717, 1.165) is 18.2 Å². The molecule has 0 atom stereocenters. The predicted octanol–water partition coefficient (Wildman–Crippen LogP) is 8.92. The molecule has 0 N–H and O–H groups in total. The molecule has 35 heavy (non-hydrogen) atoms. The monoisotopic (exact) mass is 484 g/mol. The van der Waals surface area contributed by atoms with Gasteiger partial charge in [0.05, 0.1) is 5.56 Å². The maximum Gasteiger partial charge on any atom is 0.271 e. The van der Waals surface area contributed by atoms with Gasteiger partial charge in [0, 0.05) is 34.7 Å². The summed E-state index contributed by atoms with van der Waals surface area (Å²) >= 11 is 0. The number of fused-ring (bicyclic) bond motifs is 1. The summed E-state index contributed by atoms with van der Waals surface area (Å²) in [6.07, 6.45) is 1.82. The van der Waals surface area contributed by atoms with Crippen LogP contribution in [0, 0.1) is 23.3 Å². The minimum Gasteiger partial charge on any atom is -0.489 e. The lowest BCUT2D eigenvalue weighted by molar-refractivity contribution is 0.358. The molecule has 7 heteroatoms. The Morgan fingerprint density at radius 1 is 0.800 bits per heavy atom. The molecule has 0 aliphatic heterocycles. The van der Waals surface area contributed by atoms with Crippen molar-refractivity contribution in [1.82, 2.24) is 0 Å². The smallest absolute Gasteiger partial charge is 0.271 e. The molecule has 0 fully saturated rings. The Morgan fingerprint density at radius 2 is 1.51 bits per heavy atom. The fourth-order valence-electron chi connectivity index (χ4n) is 3.76. The Labute approximate surface area is 197 Å². The van der Waals surface area contributed by atoms with E-state index in [9.17, 15) is 22.0 Å². The van der Waals surface area contributed by atoms with E-state index in [0.29, 0.717) is 17.0 Å². The Balaban J connectivity index is 1.69. The second-order valence-electron chi connectivity index (χ2n) is 7.68. The molecule has 0 saturated carbocycles. The average molecular weight is 484 g/mol. The van der Waals surface area contributed by atoms with Crippen LogP contribution >= 0.6 is 0 Å². The highest BCUT2D eigenvalue weighted by Crippen LogP contribution is 2.34. The van der Waals surface area contributed by atoms with E-state index < -0.39 is 34.9 Å². The summed E-state index contributed by atoms with van der Waals surface area (Å²) in [7, 11) is 0. The molecule has 0 radical (unpaired) electrons. The summed E-state index contributed by atoms with van der Waals surface area (Å²) in [6, 6.07) is 12.8. The molecule has 0 spiro atoms. The summed E-state index contributed by atoms with van der Waals surface area (Å²) in [6.45, 7) is 1.94. The van der Waals surface area contributed by atoms with E-state index in [1.165, 1.54) is 42.5 Å². The highest BCUT2D eigenvalue weighted by atomic mass is 19.3. The van der Waals surface area contributed by atoms with Crippen LogP contribution in [-0.4, -0.2) is 6.61 Å². The van der Waals surface area contributed by atoms with Gasteiger partial charge in [-0.2, -0.15) is 8.78 Å². The molecule has 0 bridgehead atoms. The first-order valence-electron chi connectivity index (χ1n) is 10.6. The summed E-state index contributed by atoms with van der Waals surface area (Å²) in [5.74, 6) is -3.35. The topological polar surface area (TPSA) is 9.23 Å². The van der Waals surface area contributed by atoms with Gasteiger partial charge in [0.2, 0.25) is 0 Å². The van der Waals surface area contributed by atoms with E-state index in [1.54, 1.807) is 19.1 Å². The zero-order valence-electron chi connectivity index (χ0n) is 18.4. The lowest BCUT2D eigenvalue weighted by Gasteiger charge is -2.11. The molecule has 178 valence electrons. The van der Waals surface area contributed by atoms with Crippen molar-refractivity contribution >= 4 is 16.8 Å². The molecule has 4 rings (SSSR count). The van der Waals surface area contributed by atoms with E-state index in [1.807, 2.05) is 0 Å². The molecule has 0 amide bonds. The van der Waals surface area contributed by atoms with Crippen LogP contribution in [0.25, 0.3) is 39.1 Å². The fourth-order valence-corrected chi connectivity index (χ4v) is 3.76. The molecule has 4 aromatic rings. The normalized spacial score (nSPS) is 11.3. The third kappa shape index (κ3) is 5.09. The van der Waals surface area contributed by atoms with Crippen molar-refractivity contribution in [2.75, 3.05) is 6.61 Å². The van der Waals surface area contributed by atoms with Crippen molar-refractivity contribution < 1.29 is 31.1 Å². The van der Waals surface area contributed by atoms with Gasteiger partial charge in [0.15, 0.2) is 0 Å². The van der Waals surface area contributed by atoms with Gasteiger partial charge in [-0.1, -0.05) is 48.6 Å². The van der Waals surface area contributed by atoms with Crippen molar-refractivity contribution in [3.05, 3.63) is 108 Å². The Hall–Kier alpha value is -4.00. The van der Waals surface area contributed by atoms with Gasteiger partial charge in [-0.3, -0.25) is 0 Å². The van der Waals surface area contributed by atoms with Crippen LogP contribution in [0.4, 0.5) is 26.3 Å². The van der Waals surface area contributed by atoms with Gasteiger partial charge in [-0.05, 0) is 35.6 Å². The molecule has 0 heterocycles. The van der Waals surface area contributed by atoms with Gasteiger partial charge >= 0.3 is 0 Å². The van der Waals surface area contributed by atoms with Gasteiger partial charge in [-0.15, -0.1) is 0 Å². The lowest BCUT2D eigenvalue weighted by atomic mass is 9.96. The minimum atomic E-state index is -2.02. The van der Waals surface area contributed by atoms with Crippen molar-refractivity contribution in [1.29, 1.82) is 0 Å². The highest BCUT2D eigenvalue weighted by molar-refractivity contribution is 5.90. The Kier molecular flexibility index (Phi) is 6.96. The number of allylic oxidation sites excluding steroid dienone is 1. The van der Waals surface area contributed by atoms with Crippen molar-refractivity contribution in [3.8, 4) is 28.0 Å². The van der Waals surface area contributed by atoms with E-state index in [-0.39, 0.29) is 34.4 Å². The van der Waals surface area contributed by atoms with Crippen LogP contribution in [0.15, 0.2) is 78.9 Å². The number of halogens is 6. The number of ether oxygens (including phenoxy) is 1. The maximum absolute atomic E-state index is 15.0. The molecule has 0 aliphatic carbocycles. The summed E-state index contributed by atoms with van der Waals surface area (Å²) in [5, 5.41) is 0.479. The fraction of sp³-hybridized carbons (Fsp3) is 0.0714. The van der Waals surface area contributed by atoms with Gasteiger partial charge in [0.1, 0.15) is 35.6 Å². The maximum atomic E-state index is 15.0. The van der Waals surface area contributed by atoms with E-state index in [4.69, 9.17) is 4.74 Å². The first kappa shape index (κ1) is 24.1. The quantitative estimate of drug-likeness (QED) is 0.196. The number of hydrogen-bond acceptors (Lipinski definition) is 1. The third-order valence-electron chi connectivity index (χ3n) is 5.41. The number of benzene rings is 4. The van der Waals surface area contributed by atoms with Gasteiger partial charge < -0.3 is 4.74 Å². The molecule has 0 saturated heterocycles.